The molecular weight excluding hydrogens is 136 g/mol. The van der Waals surface area contributed by atoms with Crippen LogP contribution in [0, 0.1) is 0 Å². The van der Waals surface area contributed by atoms with E-state index in [9.17, 15) is 0 Å². The Hall–Kier alpha value is -0.640. The van der Waals surface area contributed by atoms with Crippen molar-refractivity contribution in [3.63, 3.8) is 0 Å². The van der Waals surface area contributed by atoms with Crippen LogP contribution in [0.5, 0.6) is 0 Å². The molecule has 0 radical (unpaired) electrons. The van der Waals surface area contributed by atoms with Crippen LogP contribution in [-0.4, -0.2) is 10.7 Å². The van der Waals surface area contributed by atoms with Crippen LogP contribution in [0.25, 0.3) is 0 Å². The standard InChI is InChI=1S/C5H8N2OS/c1-2-9-5-7-4(6)3-8-5/h3H,2,6H2,1H3. The van der Waals surface area contributed by atoms with E-state index < -0.39 is 0 Å². The zero-order valence-electron chi connectivity index (χ0n) is 5.13. The molecule has 50 valence electrons. The largest absolute Gasteiger partial charge is 0.438 e. The molecule has 0 aliphatic heterocycles. The molecule has 1 aromatic rings. The minimum absolute atomic E-state index is 0.450. The number of rotatable bonds is 2. The number of aromatic nitrogens is 1. The Morgan fingerprint density at radius 2 is 2.67 bits per heavy atom. The molecule has 1 aromatic heterocycles. The normalized spacial score (nSPS) is 9.89. The molecule has 2 N–H and O–H groups in total. The quantitative estimate of drug-likeness (QED) is 0.637. The molecular formula is C5H8N2OS. The second-order valence-corrected chi connectivity index (χ2v) is 2.69. The molecule has 4 heteroatoms. The van der Waals surface area contributed by atoms with Crippen LogP contribution in [0.15, 0.2) is 15.9 Å². The second-order valence-electron chi connectivity index (χ2n) is 1.47. The minimum atomic E-state index is 0.450. The van der Waals surface area contributed by atoms with E-state index in [4.69, 9.17) is 10.2 Å². The van der Waals surface area contributed by atoms with Gasteiger partial charge in [-0.2, -0.15) is 4.98 Å². The molecule has 0 spiro atoms. The van der Waals surface area contributed by atoms with Crippen LogP contribution >= 0.6 is 11.8 Å². The Labute approximate surface area is 57.6 Å². The van der Waals surface area contributed by atoms with Crippen molar-refractivity contribution in [1.29, 1.82) is 0 Å². The van der Waals surface area contributed by atoms with Crippen LogP contribution in [0.2, 0.25) is 0 Å². The van der Waals surface area contributed by atoms with Gasteiger partial charge in [0, 0.05) is 0 Å². The van der Waals surface area contributed by atoms with Crippen LogP contribution in [0.3, 0.4) is 0 Å². The van der Waals surface area contributed by atoms with E-state index in [0.717, 1.165) is 5.75 Å². The Kier molecular flexibility index (Phi) is 2.00. The average molecular weight is 144 g/mol. The summed E-state index contributed by atoms with van der Waals surface area (Å²) >= 11 is 1.54. The van der Waals surface area contributed by atoms with E-state index in [-0.39, 0.29) is 0 Å². The Bertz CT molecular complexity index is 187. The zero-order valence-corrected chi connectivity index (χ0v) is 5.94. The van der Waals surface area contributed by atoms with Crippen molar-refractivity contribution in [1.82, 2.24) is 4.98 Å². The van der Waals surface area contributed by atoms with Gasteiger partial charge in [0.2, 0.25) is 0 Å². The topological polar surface area (TPSA) is 52.0 Å². The lowest BCUT2D eigenvalue weighted by Gasteiger charge is -1.84. The highest BCUT2D eigenvalue weighted by Gasteiger charge is 1.97. The van der Waals surface area contributed by atoms with E-state index >= 15 is 0 Å². The van der Waals surface area contributed by atoms with Crippen molar-refractivity contribution in [3.8, 4) is 0 Å². The fraction of sp³-hybridized carbons (Fsp3) is 0.400. The third-order valence-corrected chi connectivity index (χ3v) is 1.49. The molecule has 0 saturated heterocycles. The van der Waals surface area contributed by atoms with Gasteiger partial charge in [-0.15, -0.1) is 0 Å². The highest BCUT2D eigenvalue weighted by Crippen LogP contribution is 2.16. The van der Waals surface area contributed by atoms with Gasteiger partial charge in [-0.1, -0.05) is 18.7 Å². The highest BCUT2D eigenvalue weighted by atomic mass is 32.2. The number of hydrogen-bond acceptors (Lipinski definition) is 4. The SMILES string of the molecule is CCSc1nc(N)co1. The molecule has 1 heterocycles. The third kappa shape index (κ3) is 1.64. The van der Waals surface area contributed by atoms with Crippen molar-refractivity contribution in [2.45, 2.75) is 12.1 Å². The van der Waals surface area contributed by atoms with E-state index in [1.165, 1.54) is 18.0 Å². The van der Waals surface area contributed by atoms with Crippen molar-refractivity contribution in [2.75, 3.05) is 11.5 Å². The summed E-state index contributed by atoms with van der Waals surface area (Å²) in [6.45, 7) is 2.03. The van der Waals surface area contributed by atoms with Gasteiger partial charge in [0.05, 0.1) is 0 Å². The number of hydrogen-bond donors (Lipinski definition) is 1. The minimum Gasteiger partial charge on any atom is -0.438 e. The predicted octanol–water partition coefficient (Wildman–Crippen LogP) is 1.37. The fourth-order valence-electron chi connectivity index (χ4n) is 0.459. The van der Waals surface area contributed by atoms with Gasteiger partial charge in [-0.05, 0) is 5.75 Å². The number of nitrogens with zero attached hydrogens (tertiary/aromatic N) is 1. The molecule has 0 aliphatic carbocycles. The van der Waals surface area contributed by atoms with Crippen LogP contribution in [-0.2, 0) is 0 Å². The first-order valence-corrected chi connectivity index (χ1v) is 3.65. The maximum absolute atomic E-state index is 5.29. The number of nitrogens with two attached hydrogens (primary N) is 1. The molecule has 9 heavy (non-hydrogen) atoms. The van der Waals surface area contributed by atoms with Gasteiger partial charge >= 0.3 is 0 Å². The zero-order chi connectivity index (χ0) is 6.69. The first-order valence-electron chi connectivity index (χ1n) is 2.66. The first-order chi connectivity index (χ1) is 4.33. The molecule has 0 unspecified atom stereocenters. The lowest BCUT2D eigenvalue weighted by molar-refractivity contribution is 0.454. The van der Waals surface area contributed by atoms with Crippen molar-refractivity contribution >= 4 is 17.6 Å². The predicted molar refractivity (Wildman–Crippen MR) is 37.3 cm³/mol. The molecule has 1 rings (SSSR count). The summed E-state index contributed by atoms with van der Waals surface area (Å²) in [6, 6.07) is 0. The Morgan fingerprint density at radius 3 is 3.11 bits per heavy atom. The third-order valence-electron chi connectivity index (χ3n) is 0.769. The molecule has 3 nitrogen and oxygen atoms in total. The van der Waals surface area contributed by atoms with E-state index in [0.29, 0.717) is 11.0 Å². The van der Waals surface area contributed by atoms with Gasteiger partial charge in [0.15, 0.2) is 5.82 Å². The van der Waals surface area contributed by atoms with E-state index in [1.807, 2.05) is 6.92 Å². The molecule has 0 aromatic carbocycles. The van der Waals surface area contributed by atoms with Gasteiger partial charge < -0.3 is 10.2 Å². The summed E-state index contributed by atoms with van der Waals surface area (Å²) in [4.78, 5) is 3.87. The number of thioether (sulfide) groups is 1. The number of anilines is 1. The summed E-state index contributed by atoms with van der Waals surface area (Å²) in [6.07, 6.45) is 1.44. The molecule has 0 amide bonds. The molecule has 0 fully saturated rings. The van der Waals surface area contributed by atoms with Crippen LogP contribution in [0.1, 0.15) is 6.92 Å². The summed E-state index contributed by atoms with van der Waals surface area (Å²) in [5.74, 6) is 1.41. The smallest absolute Gasteiger partial charge is 0.257 e. The highest BCUT2D eigenvalue weighted by molar-refractivity contribution is 7.99. The second kappa shape index (κ2) is 2.77. The molecule has 0 aliphatic rings. The summed E-state index contributed by atoms with van der Waals surface area (Å²) in [5.41, 5.74) is 5.29. The molecule has 0 saturated carbocycles. The monoisotopic (exact) mass is 144 g/mol. The summed E-state index contributed by atoms with van der Waals surface area (Å²) < 4.78 is 4.93. The number of oxazole rings is 1. The van der Waals surface area contributed by atoms with E-state index in [1.54, 1.807) is 0 Å². The molecule has 0 bridgehead atoms. The Morgan fingerprint density at radius 1 is 1.89 bits per heavy atom. The average Bonchev–Trinajstić information content (AvgIpc) is 2.17. The number of nitrogen functional groups attached to an aromatic ring is 1. The lowest BCUT2D eigenvalue weighted by Crippen LogP contribution is -1.81. The van der Waals surface area contributed by atoms with Gasteiger partial charge in [0.25, 0.3) is 5.22 Å². The maximum atomic E-state index is 5.29. The maximum Gasteiger partial charge on any atom is 0.257 e. The van der Waals surface area contributed by atoms with Gasteiger partial charge in [-0.3, -0.25) is 0 Å². The van der Waals surface area contributed by atoms with Crippen molar-refractivity contribution in [3.05, 3.63) is 6.26 Å². The lowest BCUT2D eigenvalue weighted by atomic mass is 10.8. The molecule has 0 atom stereocenters. The first kappa shape index (κ1) is 6.48. The summed E-state index contributed by atoms with van der Waals surface area (Å²) in [5, 5.41) is 0.648. The Balaban J connectivity index is 2.61. The van der Waals surface area contributed by atoms with E-state index in [2.05, 4.69) is 4.98 Å². The summed E-state index contributed by atoms with van der Waals surface area (Å²) in [7, 11) is 0. The fourth-order valence-corrected chi connectivity index (χ4v) is 0.992. The van der Waals surface area contributed by atoms with Crippen LogP contribution in [0.4, 0.5) is 5.82 Å². The van der Waals surface area contributed by atoms with Crippen LogP contribution < -0.4 is 5.73 Å². The van der Waals surface area contributed by atoms with Gasteiger partial charge in [0.1, 0.15) is 6.26 Å². The van der Waals surface area contributed by atoms with Crippen molar-refractivity contribution < 1.29 is 4.42 Å². The van der Waals surface area contributed by atoms with Gasteiger partial charge in [-0.25, -0.2) is 0 Å². The van der Waals surface area contributed by atoms with Crippen molar-refractivity contribution in [2.24, 2.45) is 0 Å².